The fourth-order valence-electron chi connectivity index (χ4n) is 6.68. The molecule has 12 unspecified atom stereocenters. The molecule has 14 heteroatoms. The van der Waals surface area contributed by atoms with Gasteiger partial charge < -0.3 is 65.1 Å². The van der Waals surface area contributed by atoms with Gasteiger partial charge in [-0.05, 0) is 6.42 Å². The third kappa shape index (κ3) is 15.9. The summed E-state index contributed by atoms with van der Waals surface area (Å²) in [6.45, 7) is 1.90. The molecule has 0 aromatic heterocycles. The number of aliphatic hydroxyl groups excluding tert-OH is 8. The number of carbonyl (C=O) groups is 1. The van der Waals surface area contributed by atoms with Gasteiger partial charge >= 0.3 is 0 Å². The molecular weight excluding hydrogens is 654 g/mol. The van der Waals surface area contributed by atoms with Crippen LogP contribution in [0.5, 0.6) is 0 Å². The summed E-state index contributed by atoms with van der Waals surface area (Å²) in [5.74, 6) is -0.383. The van der Waals surface area contributed by atoms with Crippen molar-refractivity contribution >= 4 is 5.91 Å². The number of aliphatic hydroxyl groups is 8. The van der Waals surface area contributed by atoms with Gasteiger partial charge in [0, 0.05) is 6.92 Å². The molecule has 0 bridgehead atoms. The molecule has 0 aliphatic carbocycles. The fraction of sp³-hybridized carbons (Fsp3) is 0.972. The summed E-state index contributed by atoms with van der Waals surface area (Å²) in [6, 6.07) is -0.822. The summed E-state index contributed by atoms with van der Waals surface area (Å²) < 4.78 is 22.2. The molecule has 2 heterocycles. The predicted octanol–water partition coefficient (Wildman–Crippen LogP) is 1.53. The van der Waals surface area contributed by atoms with Crippen LogP contribution in [0.3, 0.4) is 0 Å². The molecule has 9 N–H and O–H groups in total. The van der Waals surface area contributed by atoms with Gasteiger partial charge in [0.15, 0.2) is 12.6 Å². The van der Waals surface area contributed by atoms with E-state index in [-0.39, 0.29) is 12.5 Å². The normalized spacial score (nSPS) is 31.4. The minimum Gasteiger partial charge on any atom is -0.394 e. The lowest BCUT2D eigenvalue weighted by atomic mass is 9.97. The highest BCUT2D eigenvalue weighted by Gasteiger charge is 2.50. The molecule has 0 aromatic rings. The molecule has 0 spiro atoms. The molecule has 1 amide bonds. The lowest BCUT2D eigenvalue weighted by Crippen LogP contribution is -2.65. The van der Waals surface area contributed by atoms with Crippen molar-refractivity contribution in [2.75, 3.05) is 19.8 Å². The lowest BCUT2D eigenvalue weighted by Gasteiger charge is -2.46. The molecule has 0 aromatic carbocycles. The molecule has 2 fully saturated rings. The van der Waals surface area contributed by atoms with E-state index in [0.29, 0.717) is 6.42 Å². The van der Waals surface area contributed by atoms with Crippen molar-refractivity contribution < 1.29 is 64.6 Å². The van der Waals surface area contributed by atoms with Crippen LogP contribution in [0.2, 0.25) is 0 Å². The Balaban J connectivity index is 1.68. The molecule has 14 nitrogen and oxygen atoms in total. The second-order valence-electron chi connectivity index (χ2n) is 14.2. The molecule has 0 radical (unpaired) electrons. The number of hydrogen-bond donors (Lipinski definition) is 9. The van der Waals surface area contributed by atoms with Gasteiger partial charge in [0.1, 0.15) is 48.8 Å². The van der Waals surface area contributed by atoms with Crippen molar-refractivity contribution in [1.82, 2.24) is 5.32 Å². The van der Waals surface area contributed by atoms with E-state index in [2.05, 4.69) is 12.2 Å². The van der Waals surface area contributed by atoms with Crippen LogP contribution >= 0.6 is 0 Å². The largest absolute Gasteiger partial charge is 0.394 e. The minimum atomic E-state index is -1.77. The van der Waals surface area contributed by atoms with E-state index >= 15 is 0 Å². The van der Waals surface area contributed by atoms with Crippen molar-refractivity contribution in [1.29, 1.82) is 0 Å². The molecule has 50 heavy (non-hydrogen) atoms. The SMILES string of the molecule is CCCCCCCCCCCCCCCCCCCC(O)C(COC1OC(CO)C(OC2OC(CO)C(O)C(O)C2O)C(O)C1O)NC(C)=O. The first-order valence-electron chi connectivity index (χ1n) is 19.2. The molecule has 2 rings (SSSR count). The van der Waals surface area contributed by atoms with Crippen LogP contribution in [0.1, 0.15) is 129 Å². The highest BCUT2D eigenvalue weighted by Crippen LogP contribution is 2.30. The van der Waals surface area contributed by atoms with Crippen LogP contribution in [-0.4, -0.2) is 140 Å². The molecule has 2 aliphatic rings. The summed E-state index contributed by atoms with van der Waals surface area (Å²) in [5.41, 5.74) is 0. The number of rotatable bonds is 27. The topological polar surface area (TPSA) is 228 Å². The number of ether oxygens (including phenoxy) is 4. The van der Waals surface area contributed by atoms with Crippen LogP contribution in [0.4, 0.5) is 0 Å². The van der Waals surface area contributed by atoms with Gasteiger partial charge in [-0.3, -0.25) is 4.79 Å². The number of unbranched alkanes of at least 4 members (excludes halogenated alkanes) is 16. The maximum absolute atomic E-state index is 11.9. The number of carbonyl (C=O) groups excluding carboxylic acids is 1. The second kappa shape index (κ2) is 25.9. The van der Waals surface area contributed by atoms with Gasteiger partial charge in [0.2, 0.25) is 5.91 Å². The Morgan fingerprint density at radius 2 is 1.10 bits per heavy atom. The third-order valence-corrected chi connectivity index (χ3v) is 9.86. The predicted molar refractivity (Wildman–Crippen MR) is 185 cm³/mol. The van der Waals surface area contributed by atoms with E-state index in [1.165, 1.54) is 90.4 Å². The van der Waals surface area contributed by atoms with Gasteiger partial charge in [-0.1, -0.05) is 116 Å². The first-order valence-corrected chi connectivity index (χ1v) is 19.2. The van der Waals surface area contributed by atoms with Crippen LogP contribution in [-0.2, 0) is 23.7 Å². The van der Waals surface area contributed by atoms with Crippen molar-refractivity contribution in [2.45, 2.75) is 203 Å². The van der Waals surface area contributed by atoms with Gasteiger partial charge in [-0.2, -0.15) is 0 Å². The number of hydrogen-bond acceptors (Lipinski definition) is 13. The summed E-state index contributed by atoms with van der Waals surface area (Å²) in [5, 5.41) is 84.9. The van der Waals surface area contributed by atoms with Crippen LogP contribution in [0.25, 0.3) is 0 Å². The second-order valence-corrected chi connectivity index (χ2v) is 14.2. The first-order chi connectivity index (χ1) is 24.0. The number of nitrogens with one attached hydrogen (secondary N) is 1. The monoisotopic (exact) mass is 723 g/mol. The lowest BCUT2D eigenvalue weighted by molar-refractivity contribution is -0.359. The van der Waals surface area contributed by atoms with E-state index in [4.69, 9.17) is 18.9 Å². The third-order valence-electron chi connectivity index (χ3n) is 9.86. The average Bonchev–Trinajstić information content (AvgIpc) is 3.10. The van der Waals surface area contributed by atoms with E-state index in [0.717, 1.165) is 25.7 Å². The summed E-state index contributed by atoms with van der Waals surface area (Å²) >= 11 is 0. The highest BCUT2D eigenvalue weighted by molar-refractivity contribution is 5.73. The smallest absolute Gasteiger partial charge is 0.217 e. The standard InChI is InChI=1S/C36H69NO13/c1-3-4-5-6-7-8-9-10-11-12-13-14-15-16-17-18-19-20-26(41)25(37-24(2)40)23-47-35-33(46)31(44)34(28(22-39)49-35)50-36-32(45)30(43)29(42)27(21-38)48-36/h25-36,38-39,41-46H,3-23H2,1-2H3,(H,37,40). The maximum atomic E-state index is 11.9. The average molecular weight is 724 g/mol. The van der Waals surface area contributed by atoms with E-state index in [1.807, 2.05) is 0 Å². The van der Waals surface area contributed by atoms with E-state index in [9.17, 15) is 45.6 Å². The van der Waals surface area contributed by atoms with Crippen LogP contribution < -0.4 is 5.32 Å². The Morgan fingerprint density at radius 1 is 0.640 bits per heavy atom. The molecular formula is C36H69NO13. The zero-order valence-corrected chi connectivity index (χ0v) is 30.4. The molecule has 296 valence electrons. The van der Waals surface area contributed by atoms with E-state index < -0.39 is 86.8 Å². The Bertz CT molecular complexity index is 868. The minimum absolute atomic E-state index is 0.259. The summed E-state index contributed by atoms with van der Waals surface area (Å²) in [4.78, 5) is 11.9. The van der Waals surface area contributed by atoms with Gasteiger partial charge in [0.05, 0.1) is 32.0 Å². The zero-order valence-electron chi connectivity index (χ0n) is 30.4. The Kier molecular flexibility index (Phi) is 23.4. The quantitative estimate of drug-likeness (QED) is 0.0549. The fourth-order valence-corrected chi connectivity index (χ4v) is 6.68. The van der Waals surface area contributed by atoms with Crippen LogP contribution in [0.15, 0.2) is 0 Å². The molecule has 2 saturated heterocycles. The zero-order chi connectivity index (χ0) is 36.9. The van der Waals surface area contributed by atoms with E-state index in [1.54, 1.807) is 0 Å². The highest BCUT2D eigenvalue weighted by atomic mass is 16.7. The molecule has 2 aliphatic heterocycles. The summed E-state index contributed by atoms with van der Waals surface area (Å²) in [6.07, 6.45) is 5.03. The van der Waals surface area contributed by atoms with Crippen LogP contribution in [0, 0.1) is 0 Å². The Labute approximate surface area is 298 Å². The van der Waals surface area contributed by atoms with Crippen molar-refractivity contribution in [3.05, 3.63) is 0 Å². The van der Waals surface area contributed by atoms with Gasteiger partial charge in [0.25, 0.3) is 0 Å². The molecule has 0 saturated carbocycles. The van der Waals surface area contributed by atoms with Crippen molar-refractivity contribution in [3.63, 3.8) is 0 Å². The molecule has 12 atom stereocenters. The maximum Gasteiger partial charge on any atom is 0.217 e. The van der Waals surface area contributed by atoms with Crippen molar-refractivity contribution in [3.8, 4) is 0 Å². The Hall–Kier alpha value is -1.01. The number of amides is 1. The Morgan fingerprint density at radius 3 is 1.58 bits per heavy atom. The van der Waals surface area contributed by atoms with Gasteiger partial charge in [-0.15, -0.1) is 0 Å². The first kappa shape index (κ1) is 45.1. The summed E-state index contributed by atoms with van der Waals surface area (Å²) in [7, 11) is 0. The van der Waals surface area contributed by atoms with Gasteiger partial charge in [-0.25, -0.2) is 0 Å². The van der Waals surface area contributed by atoms with Crippen molar-refractivity contribution in [2.24, 2.45) is 0 Å².